The van der Waals surface area contributed by atoms with Crippen LogP contribution in [0.3, 0.4) is 0 Å². The summed E-state index contributed by atoms with van der Waals surface area (Å²) in [6.07, 6.45) is 3.87. The molecule has 3 N–H and O–H groups in total. The topological polar surface area (TPSA) is 81.4 Å². The molecule has 114 valence electrons. The molecule has 0 bridgehead atoms. The molecule has 1 rings (SSSR count). The second-order valence-electron chi connectivity index (χ2n) is 4.28. The van der Waals surface area contributed by atoms with Gasteiger partial charge in [-0.1, -0.05) is 0 Å². The number of rotatable bonds is 9. The minimum atomic E-state index is -3.47. The standard InChI is InChI=1S/C13H22N2O3S2/c1-18-13-6-5-12(9-11(13)10-14)20(16,17)15-7-3-4-8-19-2/h5-6,9,15H,3-4,7-8,10,14H2,1-2H3. The Morgan fingerprint density at radius 1 is 1.35 bits per heavy atom. The lowest BCUT2D eigenvalue weighted by Gasteiger charge is -2.10. The first kappa shape index (κ1) is 17.3. The smallest absolute Gasteiger partial charge is 0.240 e. The normalized spacial score (nSPS) is 11.6. The molecule has 1 aromatic rings. The first-order chi connectivity index (χ1) is 9.55. The largest absolute Gasteiger partial charge is 0.496 e. The van der Waals surface area contributed by atoms with Gasteiger partial charge in [0, 0.05) is 18.7 Å². The third kappa shape index (κ3) is 4.97. The van der Waals surface area contributed by atoms with Crippen molar-refractivity contribution in [1.82, 2.24) is 4.72 Å². The average molecular weight is 318 g/mol. The van der Waals surface area contributed by atoms with E-state index in [-0.39, 0.29) is 11.4 Å². The molecule has 0 saturated heterocycles. The highest BCUT2D eigenvalue weighted by molar-refractivity contribution is 7.98. The van der Waals surface area contributed by atoms with Crippen molar-refractivity contribution in [3.63, 3.8) is 0 Å². The molecule has 0 aliphatic heterocycles. The summed E-state index contributed by atoms with van der Waals surface area (Å²) in [5.74, 6) is 1.65. The van der Waals surface area contributed by atoms with Crippen LogP contribution in [-0.4, -0.2) is 34.1 Å². The van der Waals surface area contributed by atoms with Gasteiger partial charge in [-0.25, -0.2) is 13.1 Å². The number of ether oxygens (including phenoxy) is 1. The number of thioether (sulfide) groups is 1. The fourth-order valence-corrected chi connectivity index (χ4v) is 3.36. The molecular weight excluding hydrogens is 296 g/mol. The van der Waals surface area contributed by atoms with E-state index < -0.39 is 10.0 Å². The number of sulfonamides is 1. The zero-order valence-electron chi connectivity index (χ0n) is 11.9. The van der Waals surface area contributed by atoms with Crippen molar-refractivity contribution in [2.24, 2.45) is 5.73 Å². The summed E-state index contributed by atoms with van der Waals surface area (Å²) in [5.41, 5.74) is 6.27. The maximum absolute atomic E-state index is 12.1. The van der Waals surface area contributed by atoms with E-state index in [1.807, 2.05) is 6.26 Å². The van der Waals surface area contributed by atoms with Crippen LogP contribution >= 0.6 is 11.8 Å². The molecule has 0 unspecified atom stereocenters. The van der Waals surface area contributed by atoms with Crippen LogP contribution in [0.4, 0.5) is 0 Å². The second-order valence-corrected chi connectivity index (χ2v) is 7.03. The molecule has 0 heterocycles. The van der Waals surface area contributed by atoms with Crippen LogP contribution in [0, 0.1) is 0 Å². The van der Waals surface area contributed by atoms with Gasteiger partial charge in [-0.3, -0.25) is 0 Å². The Morgan fingerprint density at radius 3 is 2.70 bits per heavy atom. The van der Waals surface area contributed by atoms with E-state index >= 15 is 0 Å². The van der Waals surface area contributed by atoms with Crippen LogP contribution in [0.15, 0.2) is 23.1 Å². The van der Waals surface area contributed by atoms with Crippen molar-refractivity contribution in [3.8, 4) is 5.75 Å². The maximum Gasteiger partial charge on any atom is 0.240 e. The molecule has 0 saturated carbocycles. The van der Waals surface area contributed by atoms with Gasteiger partial charge in [0.05, 0.1) is 12.0 Å². The van der Waals surface area contributed by atoms with Crippen molar-refractivity contribution >= 4 is 21.8 Å². The second kappa shape index (κ2) is 8.51. The van der Waals surface area contributed by atoms with Gasteiger partial charge in [0.1, 0.15) is 5.75 Å². The highest BCUT2D eigenvalue weighted by Gasteiger charge is 2.15. The number of hydrogen-bond acceptors (Lipinski definition) is 5. The Bertz CT molecular complexity index is 518. The quantitative estimate of drug-likeness (QED) is 0.676. The zero-order valence-corrected chi connectivity index (χ0v) is 13.5. The fraction of sp³-hybridized carbons (Fsp3) is 0.538. The number of methoxy groups -OCH3 is 1. The van der Waals surface area contributed by atoms with Crippen molar-refractivity contribution in [3.05, 3.63) is 23.8 Å². The summed E-state index contributed by atoms with van der Waals surface area (Å²) in [6, 6.07) is 4.72. The number of hydrogen-bond donors (Lipinski definition) is 2. The van der Waals surface area contributed by atoms with Crippen molar-refractivity contribution in [2.45, 2.75) is 24.3 Å². The van der Waals surface area contributed by atoms with E-state index in [0.29, 0.717) is 17.9 Å². The van der Waals surface area contributed by atoms with E-state index in [1.165, 1.54) is 13.2 Å². The predicted octanol–water partition coefficient (Wildman–Crippen LogP) is 1.58. The summed E-state index contributed by atoms with van der Waals surface area (Å²) in [5, 5.41) is 0. The Morgan fingerprint density at radius 2 is 2.10 bits per heavy atom. The van der Waals surface area contributed by atoms with E-state index in [0.717, 1.165) is 18.6 Å². The lowest BCUT2D eigenvalue weighted by molar-refractivity contribution is 0.409. The first-order valence-electron chi connectivity index (χ1n) is 6.40. The van der Waals surface area contributed by atoms with Gasteiger partial charge >= 0.3 is 0 Å². The Hall–Kier alpha value is -0.760. The van der Waals surface area contributed by atoms with Crippen molar-refractivity contribution in [2.75, 3.05) is 25.7 Å². The summed E-state index contributed by atoms with van der Waals surface area (Å²) in [6.45, 7) is 0.688. The van der Waals surface area contributed by atoms with Crippen LogP contribution in [0.25, 0.3) is 0 Å². The molecule has 1 aromatic carbocycles. The summed E-state index contributed by atoms with van der Waals surface area (Å²) in [4.78, 5) is 0.226. The summed E-state index contributed by atoms with van der Waals surface area (Å²) in [7, 11) is -1.94. The molecule has 0 aromatic heterocycles. The third-order valence-corrected chi connectivity index (χ3v) is 5.01. The van der Waals surface area contributed by atoms with E-state index in [2.05, 4.69) is 4.72 Å². The predicted molar refractivity (Wildman–Crippen MR) is 83.7 cm³/mol. The van der Waals surface area contributed by atoms with Crippen LogP contribution < -0.4 is 15.2 Å². The van der Waals surface area contributed by atoms with Crippen LogP contribution in [0.2, 0.25) is 0 Å². The molecule has 0 aliphatic rings. The van der Waals surface area contributed by atoms with Gasteiger partial charge in [-0.15, -0.1) is 0 Å². The molecule has 0 radical (unpaired) electrons. The van der Waals surface area contributed by atoms with E-state index in [1.54, 1.807) is 23.9 Å². The molecule has 0 aliphatic carbocycles. The zero-order chi connectivity index (χ0) is 15.0. The Labute approximate surface area is 125 Å². The molecule has 0 atom stereocenters. The van der Waals surface area contributed by atoms with Gasteiger partial charge in [0.2, 0.25) is 10.0 Å². The van der Waals surface area contributed by atoms with Gasteiger partial charge in [-0.05, 0) is 43.0 Å². The van der Waals surface area contributed by atoms with Gasteiger partial charge in [-0.2, -0.15) is 11.8 Å². The first-order valence-corrected chi connectivity index (χ1v) is 9.28. The van der Waals surface area contributed by atoms with Gasteiger partial charge in [0.15, 0.2) is 0 Å². The molecule has 20 heavy (non-hydrogen) atoms. The Kier molecular flexibility index (Phi) is 7.36. The van der Waals surface area contributed by atoms with Crippen LogP contribution in [0.1, 0.15) is 18.4 Å². The number of nitrogens with one attached hydrogen (secondary N) is 1. The molecule has 0 fully saturated rings. The monoisotopic (exact) mass is 318 g/mol. The molecule has 0 amide bonds. The van der Waals surface area contributed by atoms with Crippen LogP contribution in [-0.2, 0) is 16.6 Å². The molecule has 5 nitrogen and oxygen atoms in total. The SMILES string of the molecule is COc1ccc(S(=O)(=O)NCCCCSC)cc1CN. The molecule has 0 spiro atoms. The van der Waals surface area contributed by atoms with Gasteiger partial charge < -0.3 is 10.5 Å². The average Bonchev–Trinajstić information content (AvgIpc) is 2.46. The highest BCUT2D eigenvalue weighted by Crippen LogP contribution is 2.21. The van der Waals surface area contributed by atoms with Crippen molar-refractivity contribution < 1.29 is 13.2 Å². The lowest BCUT2D eigenvalue weighted by Crippen LogP contribution is -2.25. The third-order valence-electron chi connectivity index (χ3n) is 2.85. The van der Waals surface area contributed by atoms with E-state index in [9.17, 15) is 8.42 Å². The van der Waals surface area contributed by atoms with E-state index in [4.69, 9.17) is 10.5 Å². The maximum atomic E-state index is 12.1. The van der Waals surface area contributed by atoms with Crippen molar-refractivity contribution in [1.29, 1.82) is 0 Å². The summed E-state index contributed by atoms with van der Waals surface area (Å²) >= 11 is 1.76. The van der Waals surface area contributed by atoms with Crippen LogP contribution in [0.5, 0.6) is 5.75 Å². The number of unbranched alkanes of at least 4 members (excludes halogenated alkanes) is 1. The lowest BCUT2D eigenvalue weighted by atomic mass is 10.2. The molecule has 7 heteroatoms. The summed E-state index contributed by atoms with van der Waals surface area (Å²) < 4.78 is 32.0. The highest BCUT2D eigenvalue weighted by atomic mass is 32.2. The molecular formula is C13H22N2O3S2. The van der Waals surface area contributed by atoms with Gasteiger partial charge in [0.25, 0.3) is 0 Å². The Balaban J connectivity index is 2.72. The minimum Gasteiger partial charge on any atom is -0.496 e. The number of nitrogens with two attached hydrogens (primary N) is 1. The minimum absolute atomic E-state index is 0.226. The number of benzene rings is 1. The fourth-order valence-electron chi connectivity index (χ4n) is 1.74.